The van der Waals surface area contributed by atoms with E-state index in [1.54, 1.807) is 14.2 Å². The van der Waals surface area contributed by atoms with E-state index in [0.29, 0.717) is 0 Å². The summed E-state index contributed by atoms with van der Waals surface area (Å²) in [6.45, 7) is 1.94. The highest BCUT2D eigenvalue weighted by Crippen LogP contribution is 2.20. The number of ether oxygens (including phenoxy) is 2. The summed E-state index contributed by atoms with van der Waals surface area (Å²) in [6, 6.07) is 0. The van der Waals surface area contributed by atoms with Crippen LogP contribution in [0.3, 0.4) is 0 Å². The zero-order chi connectivity index (χ0) is 14.3. The molecule has 0 amide bonds. The van der Waals surface area contributed by atoms with Crippen LogP contribution in [0.2, 0.25) is 0 Å². The molecule has 2 N–H and O–H groups in total. The molecule has 1 fully saturated rings. The van der Waals surface area contributed by atoms with Crippen LogP contribution in [0.1, 0.15) is 45.4 Å². The second-order valence-electron chi connectivity index (χ2n) is 5.37. The molecule has 2 aliphatic rings. The Labute approximate surface area is 116 Å². The summed E-state index contributed by atoms with van der Waals surface area (Å²) in [5.74, 6) is 0. The molecule has 0 spiro atoms. The van der Waals surface area contributed by atoms with Crippen molar-refractivity contribution in [3.8, 4) is 0 Å². The van der Waals surface area contributed by atoms with Gasteiger partial charge in [-0.15, -0.1) is 0 Å². The van der Waals surface area contributed by atoms with Crippen LogP contribution >= 0.6 is 0 Å². The van der Waals surface area contributed by atoms with Crippen LogP contribution in [0.4, 0.5) is 0 Å². The molecule has 4 nitrogen and oxygen atoms in total. The Balaban J connectivity index is 0.000000191. The van der Waals surface area contributed by atoms with E-state index in [1.807, 2.05) is 6.92 Å². The molecular formula is C15H28O4. The summed E-state index contributed by atoms with van der Waals surface area (Å²) in [5.41, 5.74) is 1.04. The first-order valence-corrected chi connectivity index (χ1v) is 7.18. The Morgan fingerprint density at radius 3 is 2.11 bits per heavy atom. The lowest BCUT2D eigenvalue weighted by Crippen LogP contribution is -2.31. The largest absolute Gasteiger partial charge is 0.390 e. The number of aliphatic hydroxyl groups is 2. The van der Waals surface area contributed by atoms with Crippen molar-refractivity contribution in [1.82, 2.24) is 0 Å². The number of aliphatic hydroxyl groups excluding tert-OH is 2. The molecule has 0 radical (unpaired) electrons. The van der Waals surface area contributed by atoms with E-state index in [2.05, 4.69) is 6.08 Å². The number of hydrogen-bond acceptors (Lipinski definition) is 4. The first-order chi connectivity index (χ1) is 9.10. The molecule has 0 heterocycles. The Morgan fingerprint density at radius 2 is 1.63 bits per heavy atom. The molecule has 112 valence electrons. The average Bonchev–Trinajstić information content (AvgIpc) is 2.43. The van der Waals surface area contributed by atoms with Crippen LogP contribution in [0.15, 0.2) is 11.6 Å². The zero-order valence-electron chi connectivity index (χ0n) is 12.3. The van der Waals surface area contributed by atoms with Gasteiger partial charge in [0.05, 0.1) is 18.3 Å². The van der Waals surface area contributed by atoms with Gasteiger partial charge >= 0.3 is 0 Å². The maximum absolute atomic E-state index is 9.44. The Kier molecular flexibility index (Phi) is 7.61. The smallest absolute Gasteiger partial charge is 0.101 e. The first kappa shape index (κ1) is 16.6. The van der Waals surface area contributed by atoms with Gasteiger partial charge < -0.3 is 19.7 Å². The topological polar surface area (TPSA) is 58.9 Å². The lowest BCUT2D eigenvalue weighted by molar-refractivity contribution is -0.0359. The van der Waals surface area contributed by atoms with Gasteiger partial charge in [0, 0.05) is 14.2 Å². The molecule has 0 saturated heterocycles. The van der Waals surface area contributed by atoms with Crippen molar-refractivity contribution in [1.29, 1.82) is 0 Å². The number of hydrogen-bond donors (Lipinski definition) is 2. The van der Waals surface area contributed by atoms with E-state index >= 15 is 0 Å². The minimum absolute atomic E-state index is 0.0185. The number of allylic oxidation sites excluding steroid dienone is 1. The van der Waals surface area contributed by atoms with Gasteiger partial charge in [0.15, 0.2) is 0 Å². The minimum Gasteiger partial charge on any atom is -0.390 e. The highest BCUT2D eigenvalue weighted by Gasteiger charge is 2.22. The zero-order valence-corrected chi connectivity index (χ0v) is 12.3. The Morgan fingerprint density at radius 1 is 1.00 bits per heavy atom. The van der Waals surface area contributed by atoms with E-state index in [9.17, 15) is 10.2 Å². The summed E-state index contributed by atoms with van der Waals surface area (Å²) < 4.78 is 10.1. The number of rotatable bonds is 2. The molecule has 19 heavy (non-hydrogen) atoms. The van der Waals surface area contributed by atoms with Crippen molar-refractivity contribution >= 4 is 0 Å². The Hall–Kier alpha value is -0.420. The lowest BCUT2D eigenvalue weighted by atomic mass is 9.95. The normalized spacial score (nSPS) is 35.1. The van der Waals surface area contributed by atoms with Crippen molar-refractivity contribution in [2.75, 3.05) is 14.2 Å². The van der Waals surface area contributed by atoms with Crippen molar-refractivity contribution < 1.29 is 19.7 Å². The third kappa shape index (κ3) is 5.22. The van der Waals surface area contributed by atoms with E-state index in [4.69, 9.17) is 9.47 Å². The molecule has 4 atom stereocenters. The summed E-state index contributed by atoms with van der Waals surface area (Å²) in [5, 5.41) is 18.7. The summed E-state index contributed by atoms with van der Waals surface area (Å²) in [7, 11) is 3.31. The summed E-state index contributed by atoms with van der Waals surface area (Å²) in [4.78, 5) is 0. The number of methoxy groups -OCH3 is 2. The molecule has 0 aromatic heterocycles. The van der Waals surface area contributed by atoms with E-state index in [1.165, 1.54) is 6.42 Å². The van der Waals surface area contributed by atoms with Gasteiger partial charge in [0.2, 0.25) is 0 Å². The predicted octanol–water partition coefficient (Wildman–Crippen LogP) is 2.04. The Bertz CT molecular complexity index is 277. The van der Waals surface area contributed by atoms with Gasteiger partial charge in [0.1, 0.15) is 6.10 Å². The second-order valence-corrected chi connectivity index (χ2v) is 5.37. The quantitative estimate of drug-likeness (QED) is 0.755. The fourth-order valence-corrected chi connectivity index (χ4v) is 2.65. The van der Waals surface area contributed by atoms with Gasteiger partial charge in [-0.25, -0.2) is 0 Å². The molecule has 4 heteroatoms. The van der Waals surface area contributed by atoms with Gasteiger partial charge in [-0.3, -0.25) is 0 Å². The summed E-state index contributed by atoms with van der Waals surface area (Å²) in [6.07, 6.45) is 7.88. The van der Waals surface area contributed by atoms with Gasteiger partial charge in [-0.1, -0.05) is 18.9 Å². The molecule has 0 aromatic rings. The third-order valence-corrected chi connectivity index (χ3v) is 4.01. The summed E-state index contributed by atoms with van der Waals surface area (Å²) >= 11 is 0. The maximum atomic E-state index is 9.44. The molecular weight excluding hydrogens is 244 g/mol. The van der Waals surface area contributed by atoms with Gasteiger partial charge in [-0.05, 0) is 38.2 Å². The van der Waals surface area contributed by atoms with Crippen LogP contribution in [0.25, 0.3) is 0 Å². The molecule has 0 bridgehead atoms. The SMILES string of the molecule is CO[C@H]1CCC=C(C)[C@H]1O.CO[C@H]1CCCC[C@H]1O. The van der Waals surface area contributed by atoms with Crippen LogP contribution in [-0.4, -0.2) is 48.8 Å². The van der Waals surface area contributed by atoms with Crippen molar-refractivity contribution in [3.63, 3.8) is 0 Å². The molecule has 0 aliphatic heterocycles. The van der Waals surface area contributed by atoms with Crippen molar-refractivity contribution in [3.05, 3.63) is 11.6 Å². The second kappa shape index (κ2) is 8.69. The van der Waals surface area contributed by atoms with Gasteiger partial charge in [0.25, 0.3) is 0 Å². The predicted molar refractivity (Wildman–Crippen MR) is 75.1 cm³/mol. The average molecular weight is 272 g/mol. The fraction of sp³-hybridized carbons (Fsp3) is 0.867. The van der Waals surface area contributed by atoms with E-state index in [-0.39, 0.29) is 24.4 Å². The van der Waals surface area contributed by atoms with E-state index in [0.717, 1.165) is 37.7 Å². The van der Waals surface area contributed by atoms with Crippen LogP contribution in [0, 0.1) is 0 Å². The standard InChI is InChI=1S/C8H14O2.C7H14O2/c1-6-4-3-5-7(10-2)8(6)9;1-9-7-5-3-2-4-6(7)8/h4,7-9H,3,5H2,1-2H3;6-8H,2-5H2,1H3/t7-,8+;6-,7+/m01/s1. The highest BCUT2D eigenvalue weighted by atomic mass is 16.5. The van der Waals surface area contributed by atoms with Crippen LogP contribution in [0.5, 0.6) is 0 Å². The molecule has 2 aliphatic carbocycles. The van der Waals surface area contributed by atoms with Crippen molar-refractivity contribution in [2.45, 2.75) is 69.9 Å². The molecule has 2 rings (SSSR count). The minimum atomic E-state index is -0.376. The highest BCUT2D eigenvalue weighted by molar-refractivity contribution is 5.10. The first-order valence-electron chi connectivity index (χ1n) is 7.18. The van der Waals surface area contributed by atoms with Crippen molar-refractivity contribution in [2.24, 2.45) is 0 Å². The van der Waals surface area contributed by atoms with Crippen LogP contribution < -0.4 is 0 Å². The molecule has 0 aromatic carbocycles. The lowest BCUT2D eigenvalue weighted by Gasteiger charge is -2.25. The van der Waals surface area contributed by atoms with Crippen LogP contribution in [-0.2, 0) is 9.47 Å². The molecule has 0 unspecified atom stereocenters. The van der Waals surface area contributed by atoms with Gasteiger partial charge in [-0.2, -0.15) is 0 Å². The third-order valence-electron chi connectivity index (χ3n) is 4.01. The fourth-order valence-electron chi connectivity index (χ4n) is 2.65. The van der Waals surface area contributed by atoms with E-state index < -0.39 is 0 Å². The monoisotopic (exact) mass is 272 g/mol. The maximum Gasteiger partial charge on any atom is 0.101 e. The molecule has 1 saturated carbocycles.